The second-order valence-electron chi connectivity index (χ2n) is 8.76. The van der Waals surface area contributed by atoms with E-state index in [9.17, 15) is 4.79 Å². The highest BCUT2D eigenvalue weighted by Gasteiger charge is 2.16. The number of hydrogen-bond donors (Lipinski definition) is 1. The van der Waals surface area contributed by atoms with E-state index in [0.29, 0.717) is 24.0 Å². The van der Waals surface area contributed by atoms with Crippen molar-refractivity contribution in [3.63, 3.8) is 0 Å². The molecule has 39 heavy (non-hydrogen) atoms. The number of nitrogens with zero attached hydrogens (tertiary/aromatic N) is 3. The molecule has 0 saturated carbocycles. The molecule has 0 atom stereocenters. The van der Waals surface area contributed by atoms with Crippen LogP contribution >= 0.6 is 23.1 Å². The van der Waals surface area contributed by atoms with E-state index in [4.69, 9.17) is 4.74 Å². The van der Waals surface area contributed by atoms with Crippen molar-refractivity contribution >= 4 is 39.8 Å². The molecule has 0 unspecified atom stereocenters. The number of carbonyl (C=O) groups is 1. The Bertz CT molecular complexity index is 1450. The number of anilines is 2. The van der Waals surface area contributed by atoms with Gasteiger partial charge in [0.1, 0.15) is 11.5 Å². The molecule has 0 bridgehead atoms. The van der Waals surface area contributed by atoms with Gasteiger partial charge >= 0.3 is 0 Å². The fourth-order valence-corrected chi connectivity index (χ4v) is 5.57. The second-order valence-corrected chi connectivity index (χ2v) is 11.0. The molecule has 1 amide bonds. The quantitative estimate of drug-likeness (QED) is 0.162. The minimum Gasteiger partial charge on any atom is -0.457 e. The minimum absolute atomic E-state index is 0.0819. The first-order chi connectivity index (χ1) is 19.2. The Morgan fingerprint density at radius 2 is 1.38 bits per heavy atom. The maximum Gasteiger partial charge on any atom is 0.233 e. The Morgan fingerprint density at radius 3 is 2.08 bits per heavy atom. The van der Waals surface area contributed by atoms with Gasteiger partial charge in [0.2, 0.25) is 11.0 Å². The fourth-order valence-electron chi connectivity index (χ4n) is 3.89. The van der Waals surface area contributed by atoms with Crippen molar-refractivity contribution in [2.75, 3.05) is 17.6 Å². The van der Waals surface area contributed by atoms with Gasteiger partial charge in [-0.15, -0.1) is 10.2 Å². The lowest BCUT2D eigenvalue weighted by molar-refractivity contribution is -0.128. The van der Waals surface area contributed by atoms with Gasteiger partial charge in [0.25, 0.3) is 0 Å². The van der Waals surface area contributed by atoms with Crippen molar-refractivity contribution in [2.45, 2.75) is 17.3 Å². The summed E-state index contributed by atoms with van der Waals surface area (Å²) in [5, 5.41) is 12.5. The molecular formula is C31H28N4O2S2. The molecule has 1 N–H and O–H groups in total. The molecule has 0 aliphatic heterocycles. The molecule has 1 heterocycles. The molecule has 0 radical (unpaired) electrons. The predicted octanol–water partition coefficient (Wildman–Crippen LogP) is 7.44. The number of rotatable bonds is 12. The van der Waals surface area contributed by atoms with E-state index in [-0.39, 0.29) is 5.91 Å². The van der Waals surface area contributed by atoms with Crippen LogP contribution in [0.15, 0.2) is 120 Å². The van der Waals surface area contributed by atoms with E-state index >= 15 is 0 Å². The highest BCUT2D eigenvalue weighted by atomic mass is 32.2. The summed E-state index contributed by atoms with van der Waals surface area (Å²) in [6.07, 6.45) is 0.812. The first-order valence-corrected chi connectivity index (χ1v) is 14.4. The lowest BCUT2D eigenvalue weighted by atomic mass is 10.1. The van der Waals surface area contributed by atoms with Crippen LogP contribution in [-0.2, 0) is 17.8 Å². The van der Waals surface area contributed by atoms with Crippen LogP contribution in [0.3, 0.4) is 0 Å². The van der Waals surface area contributed by atoms with Gasteiger partial charge in [-0.2, -0.15) is 0 Å². The van der Waals surface area contributed by atoms with Crippen molar-refractivity contribution in [3.05, 3.63) is 126 Å². The van der Waals surface area contributed by atoms with Crippen LogP contribution in [0.25, 0.3) is 0 Å². The molecule has 0 saturated heterocycles. The molecule has 6 nitrogen and oxygen atoms in total. The number of nitrogens with one attached hydrogen (secondary N) is 1. The van der Waals surface area contributed by atoms with Crippen LogP contribution in [0.5, 0.6) is 11.5 Å². The highest BCUT2D eigenvalue weighted by Crippen LogP contribution is 2.29. The maximum absolute atomic E-state index is 13.2. The zero-order valence-electron chi connectivity index (χ0n) is 21.3. The Kier molecular flexibility index (Phi) is 9.23. The smallest absolute Gasteiger partial charge is 0.233 e. The Morgan fingerprint density at radius 1 is 0.769 bits per heavy atom. The van der Waals surface area contributed by atoms with E-state index in [1.165, 1.54) is 28.7 Å². The largest absolute Gasteiger partial charge is 0.457 e. The Hall–Kier alpha value is -4.14. The molecule has 0 spiro atoms. The summed E-state index contributed by atoms with van der Waals surface area (Å²) in [5.41, 5.74) is 3.22. The van der Waals surface area contributed by atoms with Gasteiger partial charge < -0.3 is 15.0 Å². The van der Waals surface area contributed by atoms with Gasteiger partial charge in [0.15, 0.2) is 4.34 Å². The zero-order chi connectivity index (χ0) is 26.7. The van der Waals surface area contributed by atoms with Crippen molar-refractivity contribution in [1.29, 1.82) is 0 Å². The van der Waals surface area contributed by atoms with E-state index in [0.717, 1.165) is 33.5 Å². The summed E-state index contributed by atoms with van der Waals surface area (Å²) in [6.45, 7) is 1.24. The zero-order valence-corrected chi connectivity index (χ0v) is 22.9. The SMILES string of the molecule is O=C(CSc1nnc(Nc2ccc(Oc3ccccc3)cc2)s1)N(CCc1ccccc1)Cc1ccccc1. The lowest BCUT2D eigenvalue weighted by Gasteiger charge is -2.23. The van der Waals surface area contributed by atoms with Crippen molar-refractivity contribution in [2.24, 2.45) is 0 Å². The van der Waals surface area contributed by atoms with Gasteiger partial charge in [-0.05, 0) is 53.9 Å². The van der Waals surface area contributed by atoms with Crippen LogP contribution in [0.4, 0.5) is 10.8 Å². The van der Waals surface area contributed by atoms with Gasteiger partial charge in [-0.1, -0.05) is 102 Å². The summed E-state index contributed by atoms with van der Waals surface area (Å²) in [6, 6.07) is 37.7. The predicted molar refractivity (Wildman–Crippen MR) is 159 cm³/mol. The molecule has 0 aliphatic carbocycles. The molecule has 0 aliphatic rings. The normalized spacial score (nSPS) is 10.7. The fraction of sp³-hybridized carbons (Fsp3) is 0.129. The minimum atomic E-state index is 0.0819. The van der Waals surface area contributed by atoms with Crippen LogP contribution in [0.1, 0.15) is 11.1 Å². The van der Waals surface area contributed by atoms with Gasteiger partial charge in [-0.25, -0.2) is 0 Å². The van der Waals surface area contributed by atoms with Gasteiger partial charge in [-0.3, -0.25) is 4.79 Å². The summed E-state index contributed by atoms with van der Waals surface area (Å²) in [4.78, 5) is 15.2. The molecule has 5 aromatic rings. The molecule has 5 rings (SSSR count). The number of carbonyl (C=O) groups excluding carboxylic acids is 1. The first-order valence-electron chi connectivity index (χ1n) is 12.6. The topological polar surface area (TPSA) is 67.3 Å². The van der Waals surface area contributed by atoms with Crippen molar-refractivity contribution in [3.8, 4) is 11.5 Å². The third-order valence-corrected chi connectivity index (χ3v) is 7.85. The highest BCUT2D eigenvalue weighted by molar-refractivity contribution is 8.01. The summed E-state index contributed by atoms with van der Waals surface area (Å²) in [5.74, 6) is 1.94. The van der Waals surface area contributed by atoms with Crippen LogP contribution in [-0.4, -0.2) is 33.3 Å². The third kappa shape index (κ3) is 8.17. The van der Waals surface area contributed by atoms with Crippen LogP contribution in [0, 0.1) is 0 Å². The number of benzene rings is 4. The van der Waals surface area contributed by atoms with Crippen LogP contribution in [0.2, 0.25) is 0 Å². The number of hydrogen-bond acceptors (Lipinski definition) is 7. The number of thioether (sulfide) groups is 1. The number of para-hydroxylation sites is 1. The monoisotopic (exact) mass is 552 g/mol. The molecule has 196 valence electrons. The van der Waals surface area contributed by atoms with Gasteiger partial charge in [0.05, 0.1) is 5.75 Å². The Labute approximate surface area is 236 Å². The third-order valence-electron chi connectivity index (χ3n) is 5.89. The van der Waals surface area contributed by atoms with Crippen LogP contribution < -0.4 is 10.1 Å². The molecular weight excluding hydrogens is 525 g/mol. The standard InChI is InChI=1S/C31H28N4O2S2/c36-29(35(22-25-12-6-2-7-13-25)21-20-24-10-4-1-5-11-24)23-38-31-34-33-30(39-31)32-26-16-18-28(19-17-26)37-27-14-8-3-9-15-27/h1-19H,20-23H2,(H,32,33). The number of ether oxygens (including phenoxy) is 1. The van der Waals surface area contributed by atoms with E-state index in [2.05, 4.69) is 39.8 Å². The van der Waals surface area contributed by atoms with Crippen molar-refractivity contribution < 1.29 is 9.53 Å². The van der Waals surface area contributed by atoms with Gasteiger partial charge in [0, 0.05) is 18.8 Å². The molecule has 8 heteroatoms. The average molecular weight is 553 g/mol. The first kappa shape index (κ1) is 26.5. The average Bonchev–Trinajstić information content (AvgIpc) is 3.44. The number of aromatic nitrogens is 2. The molecule has 1 aromatic heterocycles. The Balaban J connectivity index is 1.15. The van der Waals surface area contributed by atoms with Crippen molar-refractivity contribution in [1.82, 2.24) is 15.1 Å². The second kappa shape index (κ2) is 13.6. The molecule has 0 fully saturated rings. The summed E-state index contributed by atoms with van der Waals surface area (Å²) < 4.78 is 6.60. The summed E-state index contributed by atoms with van der Waals surface area (Å²) in [7, 11) is 0. The van der Waals surface area contributed by atoms with E-state index in [1.54, 1.807) is 0 Å². The maximum atomic E-state index is 13.2. The lowest BCUT2D eigenvalue weighted by Crippen LogP contribution is -2.33. The molecule has 4 aromatic carbocycles. The van der Waals surface area contributed by atoms with E-state index in [1.807, 2.05) is 95.9 Å². The number of amides is 1. The van der Waals surface area contributed by atoms with E-state index < -0.39 is 0 Å². The summed E-state index contributed by atoms with van der Waals surface area (Å²) >= 11 is 2.85.